The molecule has 0 atom stereocenters. The molecule has 0 spiro atoms. The first-order valence-corrected chi connectivity index (χ1v) is 7.60. The Labute approximate surface area is 120 Å². The van der Waals surface area contributed by atoms with Crippen LogP contribution in [-0.4, -0.2) is 11.1 Å². The van der Waals surface area contributed by atoms with Crippen LogP contribution in [0.5, 0.6) is 5.75 Å². The van der Waals surface area contributed by atoms with Gasteiger partial charge in [0.15, 0.2) is 4.88 Å². The van der Waals surface area contributed by atoms with Gasteiger partial charge in [0, 0.05) is 9.75 Å². The lowest BCUT2D eigenvalue weighted by molar-refractivity contribution is 0.0697. The van der Waals surface area contributed by atoms with Gasteiger partial charge >= 0.3 is 5.97 Å². The first kappa shape index (κ1) is 14.1. The summed E-state index contributed by atoms with van der Waals surface area (Å²) in [5.74, 6) is -0.461. The van der Waals surface area contributed by atoms with E-state index in [1.54, 1.807) is 11.3 Å². The zero-order valence-corrected chi connectivity index (χ0v) is 12.7. The van der Waals surface area contributed by atoms with Crippen molar-refractivity contribution < 1.29 is 14.6 Å². The quantitative estimate of drug-likeness (QED) is 0.910. The van der Waals surface area contributed by atoms with Crippen LogP contribution in [0, 0.1) is 0 Å². The highest BCUT2D eigenvalue weighted by Gasteiger charge is 2.23. The molecule has 19 heavy (non-hydrogen) atoms. The number of thiophene rings is 2. The summed E-state index contributed by atoms with van der Waals surface area (Å²) in [6, 6.07) is 5.78. The molecular formula is C14H16O3S2. The summed E-state index contributed by atoms with van der Waals surface area (Å²) in [5.41, 5.74) is -0.0700. The van der Waals surface area contributed by atoms with E-state index in [0.29, 0.717) is 12.4 Å². The van der Waals surface area contributed by atoms with E-state index in [2.05, 4.69) is 20.8 Å². The van der Waals surface area contributed by atoms with Crippen molar-refractivity contribution >= 4 is 28.6 Å². The van der Waals surface area contributed by atoms with Crippen LogP contribution in [-0.2, 0) is 12.0 Å². The van der Waals surface area contributed by atoms with Crippen LogP contribution in [0.25, 0.3) is 0 Å². The van der Waals surface area contributed by atoms with Crippen molar-refractivity contribution in [2.75, 3.05) is 0 Å². The predicted octanol–water partition coefficient (Wildman–Crippen LogP) is 4.38. The monoisotopic (exact) mass is 296 g/mol. The predicted molar refractivity (Wildman–Crippen MR) is 78.6 cm³/mol. The van der Waals surface area contributed by atoms with Gasteiger partial charge in [0.1, 0.15) is 12.4 Å². The molecule has 2 aromatic rings. The molecule has 0 aliphatic rings. The normalized spacial score (nSPS) is 11.5. The minimum absolute atomic E-state index is 0.0700. The van der Waals surface area contributed by atoms with E-state index in [4.69, 9.17) is 4.74 Å². The van der Waals surface area contributed by atoms with Gasteiger partial charge < -0.3 is 9.84 Å². The van der Waals surface area contributed by atoms with Crippen molar-refractivity contribution in [3.05, 3.63) is 38.2 Å². The standard InChI is InChI=1S/C14H16O3S2/c1-14(2,3)11-7-10(12(19-11)13(15)16)17-8-9-5-4-6-18-9/h4-7H,8H2,1-3H3,(H,15,16). The van der Waals surface area contributed by atoms with Gasteiger partial charge in [-0.05, 0) is 22.9 Å². The molecule has 1 N–H and O–H groups in total. The Balaban J connectivity index is 2.23. The molecule has 2 heterocycles. The largest absolute Gasteiger partial charge is 0.486 e. The molecule has 0 saturated heterocycles. The highest BCUT2D eigenvalue weighted by atomic mass is 32.1. The summed E-state index contributed by atoms with van der Waals surface area (Å²) in [6.07, 6.45) is 0. The molecule has 0 aliphatic carbocycles. The SMILES string of the molecule is CC(C)(C)c1cc(OCc2cccs2)c(C(=O)O)s1. The smallest absolute Gasteiger partial charge is 0.349 e. The number of carboxylic acid groups (broad SMARTS) is 1. The number of rotatable bonds is 4. The number of hydrogen-bond donors (Lipinski definition) is 1. The van der Waals surface area contributed by atoms with Crippen molar-refractivity contribution in [3.8, 4) is 5.75 Å². The van der Waals surface area contributed by atoms with Crippen molar-refractivity contribution in [1.29, 1.82) is 0 Å². The molecule has 2 rings (SSSR count). The van der Waals surface area contributed by atoms with Gasteiger partial charge in [-0.1, -0.05) is 26.8 Å². The molecule has 102 valence electrons. The molecule has 0 aliphatic heterocycles. The Bertz CT molecular complexity index is 562. The van der Waals surface area contributed by atoms with Crippen LogP contribution in [0.15, 0.2) is 23.6 Å². The number of ether oxygens (including phenoxy) is 1. The van der Waals surface area contributed by atoms with E-state index in [-0.39, 0.29) is 10.3 Å². The minimum Gasteiger partial charge on any atom is -0.486 e. The molecule has 0 fully saturated rings. The first-order chi connectivity index (χ1) is 8.88. The Morgan fingerprint density at radius 2 is 2.16 bits per heavy atom. The lowest BCUT2D eigenvalue weighted by Crippen LogP contribution is -2.08. The lowest BCUT2D eigenvalue weighted by Gasteiger charge is -2.14. The highest BCUT2D eigenvalue weighted by molar-refractivity contribution is 7.14. The molecule has 5 heteroatoms. The Morgan fingerprint density at radius 3 is 2.68 bits per heavy atom. The maximum atomic E-state index is 11.3. The van der Waals surface area contributed by atoms with Crippen LogP contribution < -0.4 is 4.74 Å². The van der Waals surface area contributed by atoms with Crippen LogP contribution in [0.2, 0.25) is 0 Å². The maximum Gasteiger partial charge on any atom is 0.349 e. The fraction of sp³-hybridized carbons (Fsp3) is 0.357. The Hall–Kier alpha value is -1.33. The van der Waals surface area contributed by atoms with Crippen LogP contribution in [0.4, 0.5) is 0 Å². The molecule has 2 aromatic heterocycles. The fourth-order valence-electron chi connectivity index (χ4n) is 1.54. The number of carbonyl (C=O) groups is 1. The van der Waals surface area contributed by atoms with E-state index in [0.717, 1.165) is 9.75 Å². The first-order valence-electron chi connectivity index (χ1n) is 5.90. The maximum absolute atomic E-state index is 11.3. The Morgan fingerprint density at radius 1 is 1.42 bits per heavy atom. The van der Waals surface area contributed by atoms with Crippen LogP contribution >= 0.6 is 22.7 Å². The van der Waals surface area contributed by atoms with Crippen molar-refractivity contribution in [3.63, 3.8) is 0 Å². The van der Waals surface area contributed by atoms with Crippen molar-refractivity contribution in [1.82, 2.24) is 0 Å². The molecule has 0 bridgehead atoms. The summed E-state index contributed by atoms with van der Waals surface area (Å²) in [7, 11) is 0. The zero-order chi connectivity index (χ0) is 14.0. The summed E-state index contributed by atoms with van der Waals surface area (Å²) in [6.45, 7) is 6.60. The van der Waals surface area contributed by atoms with Gasteiger partial charge in [0.2, 0.25) is 0 Å². The van der Waals surface area contributed by atoms with Gasteiger partial charge in [0.25, 0.3) is 0 Å². The van der Waals surface area contributed by atoms with Gasteiger partial charge in [-0.25, -0.2) is 4.79 Å². The molecule has 0 amide bonds. The Kier molecular flexibility index (Phi) is 3.96. The zero-order valence-electron chi connectivity index (χ0n) is 11.1. The minimum atomic E-state index is -0.929. The van der Waals surface area contributed by atoms with E-state index < -0.39 is 5.97 Å². The van der Waals surface area contributed by atoms with Gasteiger partial charge in [-0.2, -0.15) is 0 Å². The van der Waals surface area contributed by atoms with Gasteiger partial charge in [-0.3, -0.25) is 0 Å². The van der Waals surface area contributed by atoms with E-state index in [1.807, 2.05) is 23.6 Å². The second-order valence-electron chi connectivity index (χ2n) is 5.23. The molecule has 0 radical (unpaired) electrons. The average molecular weight is 296 g/mol. The number of hydrogen-bond acceptors (Lipinski definition) is 4. The number of carboxylic acids is 1. The van der Waals surface area contributed by atoms with E-state index in [9.17, 15) is 9.90 Å². The third-order valence-corrected chi connectivity index (χ3v) is 4.96. The second kappa shape index (κ2) is 5.35. The van der Waals surface area contributed by atoms with Gasteiger partial charge in [0.05, 0.1) is 0 Å². The summed E-state index contributed by atoms with van der Waals surface area (Å²) >= 11 is 2.89. The molecular weight excluding hydrogens is 280 g/mol. The number of aromatic carboxylic acids is 1. The molecule has 3 nitrogen and oxygen atoms in total. The van der Waals surface area contributed by atoms with E-state index >= 15 is 0 Å². The summed E-state index contributed by atoms with van der Waals surface area (Å²) in [4.78, 5) is 13.6. The third kappa shape index (κ3) is 3.36. The molecule has 0 unspecified atom stereocenters. The second-order valence-corrected chi connectivity index (χ2v) is 7.31. The van der Waals surface area contributed by atoms with Crippen LogP contribution in [0.3, 0.4) is 0 Å². The molecule has 0 aromatic carbocycles. The molecule has 0 saturated carbocycles. The van der Waals surface area contributed by atoms with Gasteiger partial charge in [-0.15, -0.1) is 22.7 Å². The van der Waals surface area contributed by atoms with E-state index in [1.165, 1.54) is 11.3 Å². The average Bonchev–Trinajstić information content (AvgIpc) is 2.94. The third-order valence-electron chi connectivity index (χ3n) is 2.58. The lowest BCUT2D eigenvalue weighted by atomic mass is 9.95. The summed E-state index contributed by atoms with van der Waals surface area (Å²) in [5, 5.41) is 11.2. The summed E-state index contributed by atoms with van der Waals surface area (Å²) < 4.78 is 5.66. The van der Waals surface area contributed by atoms with Crippen molar-refractivity contribution in [2.24, 2.45) is 0 Å². The van der Waals surface area contributed by atoms with Crippen molar-refractivity contribution in [2.45, 2.75) is 32.8 Å². The highest BCUT2D eigenvalue weighted by Crippen LogP contribution is 2.37. The van der Waals surface area contributed by atoms with Crippen LogP contribution in [0.1, 0.15) is 40.2 Å². The topological polar surface area (TPSA) is 46.5 Å². The fourth-order valence-corrected chi connectivity index (χ4v) is 3.16.